The molecule has 4 heteroatoms. The molecular weight excluding hydrogens is 206 g/mol. The number of nitrogens with zero attached hydrogens (tertiary/aromatic N) is 2. The quantitative estimate of drug-likeness (QED) is 0.843. The van der Waals surface area contributed by atoms with Gasteiger partial charge in [-0.3, -0.25) is 0 Å². The van der Waals surface area contributed by atoms with Crippen molar-refractivity contribution in [2.75, 3.05) is 5.73 Å². The summed E-state index contributed by atoms with van der Waals surface area (Å²) >= 11 is 1.66. The third kappa shape index (κ3) is 2.15. The van der Waals surface area contributed by atoms with Crippen LogP contribution in [0.4, 0.5) is 5.82 Å². The predicted molar refractivity (Wildman–Crippen MR) is 63.0 cm³/mol. The number of rotatable bonds is 2. The molecular formula is C11H13N3S. The van der Waals surface area contributed by atoms with Crippen molar-refractivity contribution in [3.8, 4) is 0 Å². The molecule has 2 N–H and O–H groups in total. The Morgan fingerprint density at radius 2 is 2.20 bits per heavy atom. The van der Waals surface area contributed by atoms with E-state index in [1.165, 1.54) is 5.56 Å². The summed E-state index contributed by atoms with van der Waals surface area (Å²) in [6.45, 7) is 4.06. The van der Waals surface area contributed by atoms with Gasteiger partial charge in [0, 0.05) is 23.6 Å². The van der Waals surface area contributed by atoms with Gasteiger partial charge in [-0.05, 0) is 25.5 Å². The number of aromatic nitrogens is 2. The van der Waals surface area contributed by atoms with Crippen LogP contribution >= 0.6 is 11.3 Å². The number of pyridine rings is 1. The van der Waals surface area contributed by atoms with Crippen LogP contribution in [0.2, 0.25) is 0 Å². The van der Waals surface area contributed by atoms with Gasteiger partial charge in [-0.15, -0.1) is 11.3 Å². The van der Waals surface area contributed by atoms with Crippen molar-refractivity contribution in [1.82, 2.24) is 9.97 Å². The summed E-state index contributed by atoms with van der Waals surface area (Å²) in [5.41, 5.74) is 9.17. The van der Waals surface area contributed by atoms with Gasteiger partial charge >= 0.3 is 0 Å². The maximum Gasteiger partial charge on any atom is 0.127 e. The van der Waals surface area contributed by atoms with Crippen molar-refractivity contribution in [3.63, 3.8) is 0 Å². The predicted octanol–water partition coefficient (Wildman–Crippen LogP) is 2.33. The topological polar surface area (TPSA) is 51.8 Å². The van der Waals surface area contributed by atoms with Gasteiger partial charge in [0.2, 0.25) is 0 Å². The summed E-state index contributed by atoms with van der Waals surface area (Å²) in [6, 6.07) is 1.98. The molecule has 0 aliphatic carbocycles. The molecule has 15 heavy (non-hydrogen) atoms. The highest BCUT2D eigenvalue weighted by atomic mass is 32.1. The van der Waals surface area contributed by atoms with Crippen molar-refractivity contribution in [1.29, 1.82) is 0 Å². The molecule has 0 aliphatic rings. The zero-order chi connectivity index (χ0) is 10.8. The van der Waals surface area contributed by atoms with Crippen LogP contribution in [0.5, 0.6) is 0 Å². The number of hydrogen-bond acceptors (Lipinski definition) is 4. The van der Waals surface area contributed by atoms with Crippen LogP contribution < -0.4 is 5.73 Å². The highest BCUT2D eigenvalue weighted by Gasteiger charge is 2.07. The standard InChI is InChI=1S/C11H13N3S/c1-7-3-4-13-11(12)10(7)5-9-6-15-8(2)14-9/h3-4,6H,5H2,1-2H3,(H2,12,13). The fourth-order valence-corrected chi connectivity index (χ4v) is 2.12. The number of nitrogens with two attached hydrogens (primary N) is 1. The lowest BCUT2D eigenvalue weighted by Crippen LogP contribution is -2.01. The van der Waals surface area contributed by atoms with E-state index in [0.29, 0.717) is 5.82 Å². The van der Waals surface area contributed by atoms with Gasteiger partial charge in [-0.2, -0.15) is 0 Å². The Balaban J connectivity index is 2.31. The molecule has 0 spiro atoms. The summed E-state index contributed by atoms with van der Waals surface area (Å²) in [5.74, 6) is 0.612. The second kappa shape index (κ2) is 3.98. The Hall–Kier alpha value is -1.42. The Kier molecular flexibility index (Phi) is 2.68. The van der Waals surface area contributed by atoms with E-state index in [4.69, 9.17) is 5.73 Å². The number of nitrogen functional groups attached to an aromatic ring is 1. The van der Waals surface area contributed by atoms with Gasteiger partial charge in [0.1, 0.15) is 5.82 Å². The normalized spacial score (nSPS) is 10.5. The second-order valence-corrected chi connectivity index (χ2v) is 4.59. The SMILES string of the molecule is Cc1nc(Cc2c(C)ccnc2N)cs1. The third-order valence-electron chi connectivity index (χ3n) is 2.35. The molecule has 0 aromatic carbocycles. The van der Waals surface area contributed by atoms with E-state index in [1.807, 2.05) is 19.9 Å². The number of hydrogen-bond donors (Lipinski definition) is 1. The molecule has 0 unspecified atom stereocenters. The first-order valence-corrected chi connectivity index (χ1v) is 5.65. The number of aryl methyl sites for hydroxylation is 2. The van der Waals surface area contributed by atoms with Crippen LogP contribution in [-0.4, -0.2) is 9.97 Å². The Morgan fingerprint density at radius 1 is 1.40 bits per heavy atom. The van der Waals surface area contributed by atoms with Crippen LogP contribution in [0, 0.1) is 13.8 Å². The molecule has 2 heterocycles. The largest absolute Gasteiger partial charge is 0.383 e. The third-order valence-corrected chi connectivity index (χ3v) is 3.17. The summed E-state index contributed by atoms with van der Waals surface area (Å²) in [5, 5.41) is 3.16. The summed E-state index contributed by atoms with van der Waals surface area (Å²) in [4.78, 5) is 8.52. The van der Waals surface area contributed by atoms with Crippen molar-refractivity contribution >= 4 is 17.2 Å². The van der Waals surface area contributed by atoms with E-state index in [-0.39, 0.29) is 0 Å². The van der Waals surface area contributed by atoms with Crippen molar-refractivity contribution in [2.45, 2.75) is 20.3 Å². The van der Waals surface area contributed by atoms with E-state index in [2.05, 4.69) is 15.3 Å². The Labute approximate surface area is 93.0 Å². The second-order valence-electron chi connectivity index (χ2n) is 3.53. The first-order valence-electron chi connectivity index (χ1n) is 4.78. The maximum absolute atomic E-state index is 5.84. The van der Waals surface area contributed by atoms with Gasteiger partial charge in [0.05, 0.1) is 10.7 Å². The Bertz CT molecular complexity index is 456. The van der Waals surface area contributed by atoms with E-state index in [0.717, 1.165) is 22.7 Å². The molecule has 78 valence electrons. The van der Waals surface area contributed by atoms with Gasteiger partial charge < -0.3 is 5.73 Å². The first kappa shape index (κ1) is 10.1. The van der Waals surface area contributed by atoms with Gasteiger partial charge in [0.25, 0.3) is 0 Å². The zero-order valence-corrected chi connectivity index (χ0v) is 9.64. The van der Waals surface area contributed by atoms with Gasteiger partial charge in [0.15, 0.2) is 0 Å². The minimum absolute atomic E-state index is 0.612. The molecule has 0 bridgehead atoms. The molecule has 0 saturated heterocycles. The van der Waals surface area contributed by atoms with E-state index in [1.54, 1.807) is 17.5 Å². The van der Waals surface area contributed by atoms with Crippen LogP contribution in [-0.2, 0) is 6.42 Å². The molecule has 0 fully saturated rings. The molecule has 2 aromatic rings. The smallest absolute Gasteiger partial charge is 0.127 e. The highest BCUT2D eigenvalue weighted by molar-refractivity contribution is 7.09. The van der Waals surface area contributed by atoms with Gasteiger partial charge in [-0.1, -0.05) is 0 Å². The van der Waals surface area contributed by atoms with Gasteiger partial charge in [-0.25, -0.2) is 9.97 Å². The molecule has 2 rings (SSSR count). The lowest BCUT2D eigenvalue weighted by Gasteiger charge is -2.06. The molecule has 0 saturated carbocycles. The summed E-state index contributed by atoms with van der Waals surface area (Å²) in [7, 11) is 0. The van der Waals surface area contributed by atoms with Crippen LogP contribution in [0.1, 0.15) is 21.8 Å². The number of thiazole rings is 1. The fraction of sp³-hybridized carbons (Fsp3) is 0.273. The van der Waals surface area contributed by atoms with E-state index in [9.17, 15) is 0 Å². The van der Waals surface area contributed by atoms with Crippen molar-refractivity contribution in [2.24, 2.45) is 0 Å². The number of anilines is 1. The zero-order valence-electron chi connectivity index (χ0n) is 8.82. The molecule has 0 aliphatic heterocycles. The fourth-order valence-electron chi connectivity index (χ4n) is 1.51. The summed E-state index contributed by atoms with van der Waals surface area (Å²) in [6.07, 6.45) is 2.51. The maximum atomic E-state index is 5.84. The minimum Gasteiger partial charge on any atom is -0.383 e. The molecule has 2 aromatic heterocycles. The molecule has 0 amide bonds. The lowest BCUT2D eigenvalue weighted by molar-refractivity contribution is 1.05. The van der Waals surface area contributed by atoms with Crippen LogP contribution in [0.3, 0.4) is 0 Å². The first-order chi connectivity index (χ1) is 7.16. The Morgan fingerprint density at radius 3 is 2.80 bits per heavy atom. The molecule has 0 atom stereocenters. The molecule has 3 nitrogen and oxygen atoms in total. The van der Waals surface area contributed by atoms with E-state index >= 15 is 0 Å². The highest BCUT2D eigenvalue weighted by Crippen LogP contribution is 2.19. The van der Waals surface area contributed by atoms with Crippen LogP contribution in [0.15, 0.2) is 17.6 Å². The van der Waals surface area contributed by atoms with E-state index < -0.39 is 0 Å². The molecule has 0 radical (unpaired) electrons. The average Bonchev–Trinajstić information content (AvgIpc) is 2.58. The van der Waals surface area contributed by atoms with Crippen molar-refractivity contribution < 1.29 is 0 Å². The van der Waals surface area contributed by atoms with Crippen LogP contribution in [0.25, 0.3) is 0 Å². The monoisotopic (exact) mass is 219 g/mol. The summed E-state index contributed by atoms with van der Waals surface area (Å²) < 4.78 is 0. The minimum atomic E-state index is 0.612. The van der Waals surface area contributed by atoms with Crippen molar-refractivity contribution in [3.05, 3.63) is 39.5 Å². The lowest BCUT2D eigenvalue weighted by atomic mass is 10.1. The average molecular weight is 219 g/mol.